The third-order valence-corrected chi connectivity index (χ3v) is 3.91. The van der Waals surface area contributed by atoms with E-state index < -0.39 is 0 Å². The van der Waals surface area contributed by atoms with E-state index in [9.17, 15) is 9.90 Å². The number of rotatable bonds is 10. The van der Waals surface area contributed by atoms with Gasteiger partial charge in [0.25, 0.3) is 0 Å². The molecule has 130 valence electrons. The Hall–Kier alpha value is -1.75. The molecule has 0 saturated heterocycles. The summed E-state index contributed by atoms with van der Waals surface area (Å²) >= 11 is 0. The van der Waals surface area contributed by atoms with E-state index in [-0.39, 0.29) is 11.8 Å². The normalized spacial score (nSPS) is 10.8. The number of hydrogen-bond acceptors (Lipinski definition) is 3. The van der Waals surface area contributed by atoms with Crippen molar-refractivity contribution in [2.75, 3.05) is 32.0 Å². The molecule has 1 rings (SSSR count). The van der Waals surface area contributed by atoms with Crippen molar-refractivity contribution in [1.82, 2.24) is 10.2 Å². The topological polar surface area (TPSA) is 64.6 Å². The first-order chi connectivity index (χ1) is 11.1. The third-order valence-electron chi connectivity index (χ3n) is 3.91. The van der Waals surface area contributed by atoms with Gasteiger partial charge in [-0.15, -0.1) is 0 Å². The fourth-order valence-corrected chi connectivity index (χ4v) is 2.41. The van der Waals surface area contributed by atoms with Crippen LogP contribution in [0.15, 0.2) is 18.2 Å². The monoisotopic (exact) mass is 321 g/mol. The van der Waals surface area contributed by atoms with Crippen molar-refractivity contribution in [2.24, 2.45) is 0 Å². The van der Waals surface area contributed by atoms with E-state index >= 15 is 0 Å². The minimum atomic E-state index is -0.329. The Bertz CT molecular complexity index is 469. The number of carbonyl (C=O) groups is 1. The summed E-state index contributed by atoms with van der Waals surface area (Å²) in [5.41, 5.74) is 1.57. The highest BCUT2D eigenvalue weighted by Gasteiger charge is 2.08. The Labute approximate surface area is 140 Å². The molecule has 23 heavy (non-hydrogen) atoms. The van der Waals surface area contributed by atoms with Gasteiger partial charge in [-0.25, -0.2) is 4.79 Å². The maximum absolute atomic E-state index is 11.4. The van der Waals surface area contributed by atoms with Crippen LogP contribution >= 0.6 is 0 Å². The Morgan fingerprint density at radius 2 is 1.78 bits per heavy atom. The second-order valence-electron chi connectivity index (χ2n) is 5.85. The summed E-state index contributed by atoms with van der Waals surface area (Å²) in [5.74, 6) is 0.0890. The SMILES string of the molecule is CCCCN(CCCC)CCc1ccc(O)c(NC(=O)NC)c1. The van der Waals surface area contributed by atoms with E-state index in [4.69, 9.17) is 0 Å². The molecule has 0 spiro atoms. The van der Waals surface area contributed by atoms with Gasteiger partial charge in [-0.2, -0.15) is 0 Å². The highest BCUT2D eigenvalue weighted by atomic mass is 16.3. The number of benzene rings is 1. The van der Waals surface area contributed by atoms with E-state index in [1.165, 1.54) is 25.7 Å². The summed E-state index contributed by atoms with van der Waals surface area (Å²) in [4.78, 5) is 13.9. The van der Waals surface area contributed by atoms with Gasteiger partial charge in [0.1, 0.15) is 5.75 Å². The summed E-state index contributed by atoms with van der Waals surface area (Å²) in [7, 11) is 1.55. The largest absolute Gasteiger partial charge is 0.506 e. The average molecular weight is 321 g/mol. The molecule has 0 aliphatic carbocycles. The lowest BCUT2D eigenvalue weighted by Crippen LogP contribution is -2.28. The summed E-state index contributed by atoms with van der Waals surface area (Å²) < 4.78 is 0. The highest BCUT2D eigenvalue weighted by Crippen LogP contribution is 2.24. The molecule has 5 heteroatoms. The average Bonchev–Trinajstić information content (AvgIpc) is 2.56. The first kappa shape index (κ1) is 19.3. The van der Waals surface area contributed by atoms with Crippen molar-refractivity contribution in [3.63, 3.8) is 0 Å². The van der Waals surface area contributed by atoms with Gasteiger partial charge in [0.15, 0.2) is 0 Å². The number of carbonyl (C=O) groups excluding carboxylic acids is 1. The minimum absolute atomic E-state index is 0.0890. The number of phenols is 1. The van der Waals surface area contributed by atoms with Gasteiger partial charge in [-0.05, 0) is 50.0 Å². The Morgan fingerprint density at radius 1 is 1.13 bits per heavy atom. The number of anilines is 1. The van der Waals surface area contributed by atoms with Gasteiger partial charge >= 0.3 is 6.03 Å². The lowest BCUT2D eigenvalue weighted by atomic mass is 10.1. The molecule has 1 aromatic rings. The van der Waals surface area contributed by atoms with E-state index in [1.807, 2.05) is 12.1 Å². The van der Waals surface area contributed by atoms with E-state index in [2.05, 4.69) is 29.4 Å². The van der Waals surface area contributed by atoms with Crippen LogP contribution in [0, 0.1) is 0 Å². The maximum Gasteiger partial charge on any atom is 0.319 e. The molecule has 0 aliphatic heterocycles. The van der Waals surface area contributed by atoms with Gasteiger partial charge in [0.05, 0.1) is 5.69 Å². The van der Waals surface area contributed by atoms with E-state index in [0.29, 0.717) is 5.69 Å². The fraction of sp³-hybridized carbons (Fsp3) is 0.611. The second-order valence-corrected chi connectivity index (χ2v) is 5.85. The van der Waals surface area contributed by atoms with Crippen LogP contribution in [-0.2, 0) is 6.42 Å². The second kappa shape index (κ2) is 10.9. The van der Waals surface area contributed by atoms with Crippen molar-refractivity contribution >= 4 is 11.7 Å². The van der Waals surface area contributed by atoms with E-state index in [1.54, 1.807) is 13.1 Å². The quantitative estimate of drug-likeness (QED) is 0.577. The number of nitrogens with one attached hydrogen (secondary N) is 2. The van der Waals surface area contributed by atoms with Crippen LogP contribution in [0.2, 0.25) is 0 Å². The zero-order valence-corrected chi connectivity index (χ0v) is 14.7. The van der Waals surface area contributed by atoms with Gasteiger partial charge in [-0.1, -0.05) is 32.8 Å². The molecule has 0 aromatic heterocycles. The Kier molecular flexibility index (Phi) is 9.14. The first-order valence-electron chi connectivity index (χ1n) is 8.63. The summed E-state index contributed by atoms with van der Waals surface area (Å²) in [6.07, 6.45) is 5.78. The van der Waals surface area contributed by atoms with Gasteiger partial charge in [0.2, 0.25) is 0 Å². The van der Waals surface area contributed by atoms with Crippen LogP contribution in [0.4, 0.5) is 10.5 Å². The van der Waals surface area contributed by atoms with Crippen LogP contribution in [0.3, 0.4) is 0 Å². The summed E-state index contributed by atoms with van der Waals surface area (Å²) in [5, 5.41) is 15.0. The van der Waals surface area contributed by atoms with Crippen LogP contribution in [-0.4, -0.2) is 42.7 Å². The molecular formula is C18H31N3O2. The minimum Gasteiger partial charge on any atom is -0.506 e. The number of amides is 2. The molecule has 5 nitrogen and oxygen atoms in total. The number of phenolic OH excluding ortho intramolecular Hbond substituents is 1. The molecule has 0 saturated carbocycles. The van der Waals surface area contributed by atoms with Crippen molar-refractivity contribution in [1.29, 1.82) is 0 Å². The molecule has 3 N–H and O–H groups in total. The third kappa shape index (κ3) is 7.37. The van der Waals surface area contributed by atoms with Crippen LogP contribution in [0.25, 0.3) is 0 Å². The van der Waals surface area contributed by atoms with Gasteiger partial charge in [0, 0.05) is 13.6 Å². The van der Waals surface area contributed by atoms with Gasteiger partial charge in [-0.3, -0.25) is 0 Å². The van der Waals surface area contributed by atoms with E-state index in [0.717, 1.165) is 31.6 Å². The summed E-state index contributed by atoms with van der Waals surface area (Å²) in [6.45, 7) is 7.71. The molecule has 0 fully saturated rings. The molecule has 0 atom stereocenters. The van der Waals surface area contributed by atoms with Crippen LogP contribution < -0.4 is 10.6 Å². The maximum atomic E-state index is 11.4. The number of aromatic hydroxyl groups is 1. The molecule has 0 aliphatic rings. The van der Waals surface area contributed by atoms with Crippen molar-refractivity contribution in [3.05, 3.63) is 23.8 Å². The van der Waals surface area contributed by atoms with Crippen molar-refractivity contribution in [2.45, 2.75) is 46.0 Å². The number of nitrogens with zero attached hydrogens (tertiary/aromatic N) is 1. The molecular weight excluding hydrogens is 290 g/mol. The molecule has 0 heterocycles. The van der Waals surface area contributed by atoms with Crippen molar-refractivity contribution < 1.29 is 9.90 Å². The smallest absolute Gasteiger partial charge is 0.319 e. The molecule has 0 bridgehead atoms. The number of hydrogen-bond donors (Lipinski definition) is 3. The van der Waals surface area contributed by atoms with Crippen molar-refractivity contribution in [3.8, 4) is 5.75 Å². The molecule has 1 aromatic carbocycles. The Morgan fingerprint density at radius 3 is 2.35 bits per heavy atom. The predicted octanol–water partition coefficient (Wildman–Crippen LogP) is 3.59. The predicted molar refractivity (Wildman–Crippen MR) is 96.1 cm³/mol. The first-order valence-corrected chi connectivity index (χ1v) is 8.63. The molecule has 0 radical (unpaired) electrons. The highest BCUT2D eigenvalue weighted by molar-refractivity contribution is 5.90. The van der Waals surface area contributed by atoms with Crippen LogP contribution in [0.1, 0.15) is 45.1 Å². The summed E-state index contributed by atoms with van der Waals surface area (Å²) in [6, 6.07) is 5.08. The standard InChI is InChI=1S/C18H31N3O2/c1-4-6-11-21(12-7-5-2)13-10-15-8-9-17(22)16(14-15)20-18(23)19-3/h8-9,14,22H,4-7,10-13H2,1-3H3,(H2,19,20,23). The number of unbranched alkanes of at least 4 members (excludes halogenated alkanes) is 2. The Balaban J connectivity index is 2.63. The zero-order valence-electron chi connectivity index (χ0n) is 14.7. The number of urea groups is 1. The van der Waals surface area contributed by atoms with Crippen LogP contribution in [0.5, 0.6) is 5.75 Å². The fourth-order valence-electron chi connectivity index (χ4n) is 2.41. The lowest BCUT2D eigenvalue weighted by molar-refractivity contribution is 0.254. The zero-order chi connectivity index (χ0) is 17.1. The molecule has 0 unspecified atom stereocenters. The van der Waals surface area contributed by atoms with Gasteiger partial charge < -0.3 is 20.6 Å². The molecule has 2 amide bonds. The lowest BCUT2D eigenvalue weighted by Gasteiger charge is -2.22.